The van der Waals surface area contributed by atoms with E-state index < -0.39 is 0 Å². The highest BCUT2D eigenvalue weighted by Gasteiger charge is 2.16. The third kappa shape index (κ3) is 5.15. The summed E-state index contributed by atoms with van der Waals surface area (Å²) in [6, 6.07) is 13.5. The number of aryl methyl sites for hydroxylation is 1. The van der Waals surface area contributed by atoms with Crippen molar-refractivity contribution in [2.45, 2.75) is 25.5 Å². The average molecular weight is 504 g/mol. The summed E-state index contributed by atoms with van der Waals surface area (Å²) >= 11 is 14.9. The van der Waals surface area contributed by atoms with Crippen molar-refractivity contribution >= 4 is 57.3 Å². The van der Waals surface area contributed by atoms with E-state index in [0.717, 1.165) is 16.8 Å². The first-order valence-corrected chi connectivity index (χ1v) is 12.4. The summed E-state index contributed by atoms with van der Waals surface area (Å²) in [7, 11) is 0. The predicted molar refractivity (Wildman–Crippen MR) is 133 cm³/mol. The van der Waals surface area contributed by atoms with Crippen molar-refractivity contribution < 1.29 is 4.79 Å². The Kier molecular flexibility index (Phi) is 7.15. The predicted octanol–water partition coefficient (Wildman–Crippen LogP) is 6.43. The minimum atomic E-state index is -0.151. The van der Waals surface area contributed by atoms with E-state index in [4.69, 9.17) is 23.2 Å². The van der Waals surface area contributed by atoms with Crippen LogP contribution in [0.5, 0.6) is 0 Å². The Morgan fingerprint density at radius 2 is 1.84 bits per heavy atom. The lowest BCUT2D eigenvalue weighted by Gasteiger charge is -2.08. The van der Waals surface area contributed by atoms with Crippen molar-refractivity contribution in [3.8, 4) is 22.6 Å². The molecule has 1 N–H and O–H groups in total. The van der Waals surface area contributed by atoms with Gasteiger partial charge in [0.15, 0.2) is 16.1 Å². The maximum absolute atomic E-state index is 12.5. The topological polar surface area (TPSA) is 72.7 Å². The number of aromatic nitrogens is 4. The molecule has 0 atom stereocenters. The Morgan fingerprint density at radius 3 is 2.56 bits per heavy atom. The van der Waals surface area contributed by atoms with Gasteiger partial charge < -0.3 is 9.88 Å². The maximum atomic E-state index is 12.5. The average Bonchev–Trinajstić information content (AvgIpc) is 3.41. The molecule has 0 spiro atoms. The fraction of sp³-hybridized carbons (Fsp3) is 0.182. The van der Waals surface area contributed by atoms with E-state index >= 15 is 0 Å². The number of thioether (sulfide) groups is 1. The summed E-state index contributed by atoms with van der Waals surface area (Å²) in [6.45, 7) is 4.69. The number of carbonyl (C=O) groups is 1. The molecule has 164 valence electrons. The number of thiazole rings is 1. The van der Waals surface area contributed by atoms with Crippen molar-refractivity contribution in [1.29, 1.82) is 0 Å². The Labute approximate surface area is 204 Å². The zero-order valence-electron chi connectivity index (χ0n) is 17.3. The van der Waals surface area contributed by atoms with E-state index in [9.17, 15) is 4.79 Å². The summed E-state index contributed by atoms with van der Waals surface area (Å²) in [6.07, 6.45) is 0. The van der Waals surface area contributed by atoms with Gasteiger partial charge >= 0.3 is 0 Å². The molecule has 0 aliphatic heterocycles. The van der Waals surface area contributed by atoms with Crippen LogP contribution in [0.4, 0.5) is 5.13 Å². The molecule has 0 unspecified atom stereocenters. The summed E-state index contributed by atoms with van der Waals surface area (Å²) in [5.74, 6) is 0.720. The highest BCUT2D eigenvalue weighted by molar-refractivity contribution is 7.99. The molecule has 6 nitrogen and oxygen atoms in total. The molecule has 0 aliphatic rings. The summed E-state index contributed by atoms with van der Waals surface area (Å²) in [5.41, 5.74) is 3.87. The lowest BCUT2D eigenvalue weighted by atomic mass is 10.1. The van der Waals surface area contributed by atoms with Gasteiger partial charge in [-0.2, -0.15) is 0 Å². The van der Waals surface area contributed by atoms with Gasteiger partial charge in [0, 0.05) is 23.1 Å². The van der Waals surface area contributed by atoms with Crippen LogP contribution in [0.15, 0.2) is 53.0 Å². The highest BCUT2D eigenvalue weighted by atomic mass is 35.5. The second-order valence-electron chi connectivity index (χ2n) is 6.92. The molecule has 0 radical (unpaired) electrons. The first kappa shape index (κ1) is 22.8. The van der Waals surface area contributed by atoms with Gasteiger partial charge in [-0.25, -0.2) is 4.98 Å². The van der Waals surface area contributed by atoms with Crippen molar-refractivity contribution in [1.82, 2.24) is 19.7 Å². The number of nitrogens with one attached hydrogen (secondary N) is 1. The molecule has 0 fully saturated rings. The Hall–Kier alpha value is -2.39. The molecule has 4 rings (SSSR count). The molecule has 0 aliphatic carbocycles. The summed E-state index contributed by atoms with van der Waals surface area (Å²) < 4.78 is 1.94. The van der Waals surface area contributed by atoms with Crippen molar-refractivity contribution in [2.75, 3.05) is 11.1 Å². The highest BCUT2D eigenvalue weighted by Crippen LogP contribution is 2.30. The van der Waals surface area contributed by atoms with Crippen LogP contribution < -0.4 is 5.32 Å². The second-order valence-corrected chi connectivity index (χ2v) is 9.54. The van der Waals surface area contributed by atoms with E-state index in [-0.39, 0.29) is 11.7 Å². The summed E-state index contributed by atoms with van der Waals surface area (Å²) in [4.78, 5) is 17.0. The SMILES string of the molecule is CCn1c(SCC(=O)Nc2nc(-c3ccc(C)cc3)cs2)nnc1-c1ccc(Cl)c(Cl)c1. The quantitative estimate of drug-likeness (QED) is 0.294. The van der Waals surface area contributed by atoms with Gasteiger partial charge in [-0.3, -0.25) is 4.79 Å². The first-order chi connectivity index (χ1) is 15.4. The number of amides is 1. The molecule has 2 heterocycles. The van der Waals surface area contributed by atoms with Crippen LogP contribution >= 0.6 is 46.3 Å². The molecular weight excluding hydrogens is 485 g/mol. The molecule has 0 bridgehead atoms. The molecule has 0 saturated heterocycles. The Balaban J connectivity index is 1.41. The van der Waals surface area contributed by atoms with Crippen molar-refractivity contribution in [2.24, 2.45) is 0 Å². The monoisotopic (exact) mass is 503 g/mol. The van der Waals surface area contributed by atoms with E-state index in [1.165, 1.54) is 28.7 Å². The minimum Gasteiger partial charge on any atom is -0.302 e. The number of anilines is 1. The smallest absolute Gasteiger partial charge is 0.236 e. The maximum Gasteiger partial charge on any atom is 0.236 e. The van der Waals surface area contributed by atoms with Crippen LogP contribution in [0, 0.1) is 6.92 Å². The molecule has 0 saturated carbocycles. The lowest BCUT2D eigenvalue weighted by Crippen LogP contribution is -2.14. The summed E-state index contributed by atoms with van der Waals surface area (Å²) in [5, 5.41) is 15.5. The third-order valence-electron chi connectivity index (χ3n) is 4.64. The minimum absolute atomic E-state index is 0.151. The fourth-order valence-corrected chi connectivity index (χ4v) is 4.84. The largest absolute Gasteiger partial charge is 0.302 e. The van der Waals surface area contributed by atoms with Gasteiger partial charge in [0.2, 0.25) is 5.91 Å². The Bertz CT molecular complexity index is 1250. The number of nitrogens with zero attached hydrogens (tertiary/aromatic N) is 4. The molecule has 4 aromatic rings. The van der Waals surface area contributed by atoms with E-state index in [1.807, 2.05) is 54.1 Å². The molecular formula is C22H19Cl2N5OS2. The van der Waals surface area contributed by atoms with Gasteiger partial charge in [0.1, 0.15) is 0 Å². The molecule has 1 amide bonds. The zero-order chi connectivity index (χ0) is 22.7. The van der Waals surface area contributed by atoms with Gasteiger partial charge in [0.25, 0.3) is 0 Å². The number of halogens is 2. The molecule has 32 heavy (non-hydrogen) atoms. The number of hydrogen-bond acceptors (Lipinski definition) is 6. The number of carbonyl (C=O) groups excluding carboxylic acids is 1. The van der Waals surface area contributed by atoms with E-state index in [1.54, 1.807) is 12.1 Å². The van der Waals surface area contributed by atoms with Gasteiger partial charge in [-0.15, -0.1) is 21.5 Å². The molecule has 10 heteroatoms. The Morgan fingerprint density at radius 1 is 1.09 bits per heavy atom. The van der Waals surface area contributed by atoms with E-state index in [2.05, 4.69) is 20.5 Å². The lowest BCUT2D eigenvalue weighted by molar-refractivity contribution is -0.113. The second kappa shape index (κ2) is 10.0. The van der Waals surface area contributed by atoms with Crippen molar-refractivity contribution in [3.63, 3.8) is 0 Å². The van der Waals surface area contributed by atoms with Gasteiger partial charge in [-0.1, -0.05) is 64.8 Å². The van der Waals surface area contributed by atoms with Crippen LogP contribution in [0.25, 0.3) is 22.6 Å². The van der Waals surface area contributed by atoms with Crippen LogP contribution in [-0.4, -0.2) is 31.4 Å². The normalized spacial score (nSPS) is 11.0. The zero-order valence-corrected chi connectivity index (χ0v) is 20.4. The molecule has 2 aromatic heterocycles. The first-order valence-electron chi connectivity index (χ1n) is 9.78. The third-order valence-corrected chi connectivity index (χ3v) is 7.10. The van der Waals surface area contributed by atoms with E-state index in [0.29, 0.717) is 32.7 Å². The van der Waals surface area contributed by atoms with Crippen LogP contribution in [0.3, 0.4) is 0 Å². The molecule has 2 aromatic carbocycles. The standard InChI is InChI=1S/C22H19Cl2N5OS2/c1-3-29-20(15-8-9-16(23)17(24)10-15)27-28-22(29)32-12-19(30)26-21-25-18(11-31-21)14-6-4-13(2)5-7-14/h4-11H,3,12H2,1-2H3,(H,25,26,30). The number of benzene rings is 2. The van der Waals surface area contributed by atoms with Gasteiger partial charge in [0.05, 0.1) is 21.5 Å². The number of hydrogen-bond donors (Lipinski definition) is 1. The number of rotatable bonds is 7. The van der Waals surface area contributed by atoms with Crippen LogP contribution in [-0.2, 0) is 11.3 Å². The van der Waals surface area contributed by atoms with Gasteiger partial charge in [-0.05, 0) is 32.0 Å². The van der Waals surface area contributed by atoms with Crippen molar-refractivity contribution in [3.05, 3.63) is 63.5 Å². The fourth-order valence-electron chi connectivity index (χ4n) is 3.00. The van der Waals surface area contributed by atoms with Crippen LogP contribution in [0.2, 0.25) is 10.0 Å². The van der Waals surface area contributed by atoms with Crippen LogP contribution in [0.1, 0.15) is 12.5 Å².